The Labute approximate surface area is 115 Å². The van der Waals surface area contributed by atoms with E-state index in [1.165, 1.54) is 0 Å². The minimum Gasteiger partial charge on any atom is -0.759 e. The first-order valence-corrected chi connectivity index (χ1v) is 2.00. The molecule has 0 saturated carbocycles. The van der Waals surface area contributed by atoms with Crippen LogP contribution < -0.4 is 68.9 Å². The zero-order valence-electron chi connectivity index (χ0n) is 3.45. The topological polar surface area (TPSA) is 80.3 Å². The summed E-state index contributed by atoms with van der Waals surface area (Å²) in [6.45, 7) is 0. The Hall–Kier alpha value is 2.61. The summed E-state index contributed by atoms with van der Waals surface area (Å²) in [6, 6.07) is 0. The summed E-state index contributed by atoms with van der Waals surface area (Å²) in [7, 11) is -5.17. The molecule has 4 nitrogen and oxygen atoms in total. The van der Waals surface area contributed by atoms with E-state index in [2.05, 4.69) is 0 Å². The molecule has 0 aromatic carbocycles. The first-order chi connectivity index (χ1) is 2.00. The Morgan fingerprint density at radius 3 is 1.14 bits per heavy atom. The number of hydrogen-bond donors (Lipinski definition) is 0. The van der Waals surface area contributed by atoms with Crippen molar-refractivity contribution in [2.24, 2.45) is 0 Å². The third-order valence-electron chi connectivity index (χ3n) is 0. The van der Waals surface area contributed by atoms with Crippen LogP contribution >= 0.6 is 0 Å². The third kappa shape index (κ3) is 55.2. The zero-order valence-corrected chi connectivity index (χ0v) is 12.6. The van der Waals surface area contributed by atoms with E-state index in [4.69, 9.17) is 17.5 Å². The average Bonchev–Trinajstić information content (AvgIpc) is 0.722. The van der Waals surface area contributed by atoms with Gasteiger partial charge in [-0.3, -0.25) is 8.42 Å². The molecule has 0 spiro atoms. The Morgan fingerprint density at radius 1 is 1.14 bits per heavy atom. The number of hydrogen-bond acceptors (Lipinski definition) is 4. The Morgan fingerprint density at radius 2 is 1.14 bits per heavy atom. The molecule has 0 unspecified atom stereocenters. The van der Waals surface area contributed by atoms with E-state index in [-0.39, 0.29) is 90.0 Å². The number of rotatable bonds is 0. The Bertz CT molecular complexity index is 94.9. The first kappa shape index (κ1) is 16.3. The summed E-state index contributed by atoms with van der Waals surface area (Å²) < 4.78 is 34.1. The molecule has 0 aliphatic carbocycles. The molecule has 0 radical (unpaired) electrons. The summed E-state index contributed by atoms with van der Waals surface area (Å²) in [5.74, 6) is 0. The van der Waals surface area contributed by atoms with Crippen LogP contribution in [0.25, 0.3) is 0 Å². The van der Waals surface area contributed by atoms with Gasteiger partial charge in [-0.25, -0.2) is 0 Å². The van der Waals surface area contributed by atoms with E-state index >= 15 is 0 Å². The van der Waals surface area contributed by atoms with Gasteiger partial charge < -0.3 is 9.11 Å². The van der Waals surface area contributed by atoms with Crippen LogP contribution in [-0.2, 0) is 31.5 Å². The van der Waals surface area contributed by atoms with Crippen LogP contribution in [0, 0.1) is 0 Å². The summed E-state index contributed by atoms with van der Waals surface area (Å²) in [4.78, 5) is 0. The van der Waals surface area contributed by atoms with Gasteiger partial charge in [0.25, 0.3) is 0 Å². The molecule has 0 saturated heterocycles. The second kappa shape index (κ2) is 6.73. The minimum atomic E-state index is -5.17. The molecule has 7 heavy (non-hydrogen) atoms. The van der Waals surface area contributed by atoms with Gasteiger partial charge in [0.2, 0.25) is 0 Å². The van der Waals surface area contributed by atoms with Crippen LogP contribution in [0.15, 0.2) is 0 Å². The molecule has 0 aliphatic rings. The van der Waals surface area contributed by atoms with Gasteiger partial charge in [-0.2, -0.15) is 0 Å². The fourth-order valence-electron chi connectivity index (χ4n) is 0. The quantitative estimate of drug-likeness (QED) is 0.256. The SMILES string of the molecule is O=S(=O)([O-])[O-].[Cs+].[Mo+4]. The van der Waals surface area contributed by atoms with E-state index in [0.717, 1.165) is 0 Å². The second-order valence-electron chi connectivity index (χ2n) is 0.408. The summed E-state index contributed by atoms with van der Waals surface area (Å²) in [6.07, 6.45) is 0. The standard InChI is InChI=1S/Cs.Mo.H2O4S/c;;1-5(2,3)4/h;;(H2,1,2,3,4)/q+1;+4;/p-2. The smallest absolute Gasteiger partial charge is 0.759 e. The van der Waals surface area contributed by atoms with Gasteiger partial charge in [0.05, 0.1) is 0 Å². The minimum absolute atomic E-state index is 0. The normalized spacial score (nSPS) is 8.29. The molecular weight excluding hydrogens is 325 g/mol. The van der Waals surface area contributed by atoms with E-state index in [9.17, 15) is 0 Å². The molecule has 0 amide bonds. The van der Waals surface area contributed by atoms with E-state index in [1.54, 1.807) is 0 Å². The summed E-state index contributed by atoms with van der Waals surface area (Å²) in [5.41, 5.74) is 0. The van der Waals surface area contributed by atoms with Crippen molar-refractivity contribution in [3.05, 3.63) is 0 Å². The van der Waals surface area contributed by atoms with E-state index in [1.807, 2.05) is 0 Å². The maximum Gasteiger partial charge on any atom is 4.00 e. The largest absolute Gasteiger partial charge is 4.00 e. The van der Waals surface area contributed by atoms with Crippen molar-refractivity contribution < 1.29 is 107 Å². The van der Waals surface area contributed by atoms with Gasteiger partial charge >= 0.3 is 90.0 Å². The predicted octanol–water partition coefficient (Wildman–Crippen LogP) is -4.34. The monoisotopic (exact) mass is 327 g/mol. The molecule has 0 aliphatic heterocycles. The molecular formula is CsMoO4S+3. The van der Waals surface area contributed by atoms with E-state index in [0.29, 0.717) is 0 Å². The van der Waals surface area contributed by atoms with Crippen LogP contribution in [0.4, 0.5) is 0 Å². The van der Waals surface area contributed by atoms with Crippen molar-refractivity contribution in [1.82, 2.24) is 0 Å². The van der Waals surface area contributed by atoms with Crippen LogP contribution in [0.1, 0.15) is 0 Å². The Kier molecular flexibility index (Phi) is 15.7. The van der Waals surface area contributed by atoms with Crippen LogP contribution in [-0.4, -0.2) is 17.5 Å². The maximum absolute atomic E-state index is 8.52. The van der Waals surface area contributed by atoms with Gasteiger partial charge in [0, 0.05) is 10.4 Å². The van der Waals surface area contributed by atoms with Crippen molar-refractivity contribution in [3.63, 3.8) is 0 Å². The molecule has 34 valence electrons. The van der Waals surface area contributed by atoms with Crippen molar-refractivity contribution in [2.45, 2.75) is 0 Å². The van der Waals surface area contributed by atoms with Crippen LogP contribution in [0.5, 0.6) is 0 Å². The van der Waals surface area contributed by atoms with Crippen LogP contribution in [0.2, 0.25) is 0 Å². The second-order valence-corrected chi connectivity index (χ2v) is 1.22. The maximum atomic E-state index is 8.52. The van der Waals surface area contributed by atoms with Gasteiger partial charge in [-0.15, -0.1) is 0 Å². The molecule has 0 bridgehead atoms. The fraction of sp³-hybridized carbons (Fsp3) is 0. The third-order valence-corrected chi connectivity index (χ3v) is 0. The fourth-order valence-corrected chi connectivity index (χ4v) is 0. The first-order valence-electron chi connectivity index (χ1n) is 0.667. The van der Waals surface area contributed by atoms with Crippen molar-refractivity contribution >= 4 is 10.4 Å². The van der Waals surface area contributed by atoms with Crippen molar-refractivity contribution in [2.75, 3.05) is 0 Å². The molecule has 0 aromatic rings. The van der Waals surface area contributed by atoms with E-state index < -0.39 is 10.4 Å². The molecule has 0 aromatic heterocycles. The Balaban J connectivity index is -0.0000000800. The summed E-state index contributed by atoms with van der Waals surface area (Å²) >= 11 is 0. The van der Waals surface area contributed by atoms with Gasteiger partial charge in [0.15, 0.2) is 0 Å². The van der Waals surface area contributed by atoms with Gasteiger partial charge in [-0.1, -0.05) is 0 Å². The molecule has 7 heteroatoms. The van der Waals surface area contributed by atoms with Crippen LogP contribution in [0.3, 0.4) is 0 Å². The molecule has 0 fully saturated rings. The van der Waals surface area contributed by atoms with Crippen molar-refractivity contribution in [1.29, 1.82) is 0 Å². The molecule has 0 N–H and O–H groups in total. The molecule has 0 atom stereocenters. The average molecular weight is 325 g/mol. The predicted molar refractivity (Wildman–Crippen MR) is 10.5 cm³/mol. The van der Waals surface area contributed by atoms with Gasteiger partial charge in [0.1, 0.15) is 0 Å². The zero-order chi connectivity index (χ0) is 4.50. The molecule has 0 heterocycles. The molecule has 0 rings (SSSR count). The van der Waals surface area contributed by atoms with Crippen molar-refractivity contribution in [3.8, 4) is 0 Å². The van der Waals surface area contributed by atoms with Gasteiger partial charge in [-0.05, 0) is 0 Å². The summed E-state index contributed by atoms with van der Waals surface area (Å²) in [5, 5.41) is 0.